The van der Waals surface area contributed by atoms with Crippen LogP contribution in [0.3, 0.4) is 0 Å². The van der Waals surface area contributed by atoms with Crippen LogP contribution in [-0.2, 0) is 0 Å². The lowest BCUT2D eigenvalue weighted by atomic mass is 9.93. The predicted octanol–water partition coefficient (Wildman–Crippen LogP) is 14.4. The highest BCUT2D eigenvalue weighted by atomic mass is 32.2. The van der Waals surface area contributed by atoms with E-state index < -0.39 is 95.9 Å². The lowest BCUT2D eigenvalue weighted by Gasteiger charge is -2.39. The molecule has 0 heterocycles. The molecule has 0 aliphatic rings. The van der Waals surface area contributed by atoms with Gasteiger partial charge >= 0.3 is 71.6 Å². The second-order valence-electron chi connectivity index (χ2n) is 12.5. The Hall–Kier alpha value is -3.08. The molecule has 30 heteroatoms. The highest BCUT2D eigenvalue weighted by Crippen LogP contribution is 2.62. The maximum atomic E-state index is 14.0. The summed E-state index contributed by atoms with van der Waals surface area (Å²) >= 11 is 0.479. The number of alkyl halides is 26. The summed E-state index contributed by atoms with van der Waals surface area (Å²) in [5.74, 6) is -76.9. The minimum absolute atomic E-state index is 0.0308. The average molecular weight is 999 g/mol. The molecule has 62 heavy (non-hydrogen) atoms. The number of ether oxygens (including phenoxy) is 2. The summed E-state index contributed by atoms with van der Waals surface area (Å²) in [6.45, 7) is -0.0616. The largest absolute Gasteiger partial charge is 0.494 e. The molecule has 0 saturated carbocycles. The minimum atomic E-state index is -8.00. The van der Waals surface area contributed by atoms with Crippen molar-refractivity contribution in [2.24, 2.45) is 0 Å². The van der Waals surface area contributed by atoms with Crippen molar-refractivity contribution in [3.8, 4) is 11.5 Å². The van der Waals surface area contributed by atoms with Crippen molar-refractivity contribution in [3.63, 3.8) is 0 Å². The molecule has 358 valence electrons. The van der Waals surface area contributed by atoms with Gasteiger partial charge in [-0.05, 0) is 61.4 Å². The van der Waals surface area contributed by atoms with E-state index >= 15 is 0 Å². The van der Waals surface area contributed by atoms with Gasteiger partial charge in [0, 0.05) is 34.1 Å². The Bertz CT molecular complexity index is 1610. The van der Waals surface area contributed by atoms with E-state index in [4.69, 9.17) is 9.47 Å². The van der Waals surface area contributed by atoms with E-state index in [9.17, 15) is 114 Å². The first kappa shape index (κ1) is 55.1. The zero-order valence-corrected chi connectivity index (χ0v) is 31.4. The fourth-order valence-corrected chi connectivity index (χ4v) is 6.21. The molecule has 0 unspecified atom stereocenters. The number of hydrogen-bond donors (Lipinski definition) is 0. The Morgan fingerprint density at radius 3 is 0.806 bits per heavy atom. The molecule has 2 nitrogen and oxygen atoms in total. The molecule has 0 aromatic heterocycles. The summed E-state index contributed by atoms with van der Waals surface area (Å²) in [5, 5.41) is 0. The van der Waals surface area contributed by atoms with Crippen LogP contribution >= 0.6 is 23.5 Å². The van der Waals surface area contributed by atoms with Crippen molar-refractivity contribution in [1.82, 2.24) is 0 Å². The molecule has 0 fully saturated rings. The van der Waals surface area contributed by atoms with E-state index in [-0.39, 0.29) is 70.9 Å². The van der Waals surface area contributed by atoms with Crippen LogP contribution in [0.5, 0.6) is 11.5 Å². The molecule has 0 aliphatic carbocycles. The van der Waals surface area contributed by atoms with Gasteiger partial charge < -0.3 is 9.47 Å². The van der Waals surface area contributed by atoms with Crippen LogP contribution in [0.4, 0.5) is 114 Å². The quantitative estimate of drug-likeness (QED) is 0.0627. The number of rotatable bonds is 23. The first-order chi connectivity index (χ1) is 27.6. The maximum absolute atomic E-state index is 14.0. The van der Waals surface area contributed by atoms with Gasteiger partial charge in [-0.15, -0.1) is 23.5 Å². The van der Waals surface area contributed by atoms with Crippen molar-refractivity contribution >= 4 is 23.5 Å². The monoisotopic (exact) mass is 998 g/mol. The predicted molar refractivity (Wildman–Crippen MR) is 165 cm³/mol. The van der Waals surface area contributed by atoms with Crippen molar-refractivity contribution in [2.45, 2.75) is 107 Å². The normalized spacial score (nSPS) is 14.9. The van der Waals surface area contributed by atoms with E-state index in [1.54, 1.807) is 0 Å². The Labute approximate surface area is 339 Å². The third-order valence-corrected chi connectivity index (χ3v) is 10.1. The summed E-state index contributed by atoms with van der Waals surface area (Å²) in [4.78, 5) is -0.0843. The van der Waals surface area contributed by atoms with Crippen molar-refractivity contribution in [3.05, 3.63) is 48.5 Å². The Morgan fingerprint density at radius 2 is 0.565 bits per heavy atom. The van der Waals surface area contributed by atoms with Crippen LogP contribution in [0.15, 0.2) is 58.3 Å². The van der Waals surface area contributed by atoms with E-state index in [1.165, 1.54) is 24.3 Å². The van der Waals surface area contributed by atoms with Crippen LogP contribution in [0.25, 0.3) is 0 Å². The number of halogens is 26. The third kappa shape index (κ3) is 10.5. The first-order valence-electron chi connectivity index (χ1n) is 16.2. The molecule has 0 amide bonds. The molecular weight excluding hydrogens is 974 g/mol. The molecule has 0 atom stereocenters. The van der Waals surface area contributed by atoms with Crippen molar-refractivity contribution < 1.29 is 124 Å². The zero-order valence-electron chi connectivity index (χ0n) is 29.7. The highest BCUT2D eigenvalue weighted by Gasteiger charge is 2.92. The number of unbranched alkanes of at least 4 members (excludes halogenated alkanes) is 1. The molecular formula is C32H24F26O2S2. The van der Waals surface area contributed by atoms with Crippen LogP contribution in [0.1, 0.15) is 25.7 Å². The van der Waals surface area contributed by atoms with Crippen molar-refractivity contribution in [1.29, 1.82) is 0 Å². The smallest absolute Gasteiger partial charge is 0.460 e. The zero-order chi connectivity index (χ0) is 48.5. The standard InChI is InChI=1S/C32H24F26O2S2/c33-21(34,23(37,38)25(41,42)27(45,46)29(49,50)31(53,54)55)11-15-61-19-7-3-17(4-8-19)59-13-1-2-14-60-18-5-9-20(10-6-18)62-16-12-22(35,36)24(39,40)26(43,44)28(47,48)30(51,52)32(56,57)58/h3-10H,1-2,11-16H2. The Kier molecular flexibility index (Phi) is 16.4. The van der Waals surface area contributed by atoms with Gasteiger partial charge in [-0.25, -0.2) is 0 Å². The topological polar surface area (TPSA) is 18.5 Å². The van der Waals surface area contributed by atoms with Crippen LogP contribution < -0.4 is 9.47 Å². The van der Waals surface area contributed by atoms with Crippen molar-refractivity contribution in [2.75, 3.05) is 24.7 Å². The summed E-state index contributed by atoms with van der Waals surface area (Å²) in [7, 11) is 0. The van der Waals surface area contributed by atoms with E-state index in [1.807, 2.05) is 0 Å². The summed E-state index contributed by atoms with van der Waals surface area (Å²) in [6, 6.07) is 9.17. The maximum Gasteiger partial charge on any atom is 0.460 e. The Morgan fingerprint density at radius 1 is 0.323 bits per heavy atom. The van der Waals surface area contributed by atoms with Gasteiger partial charge in [0.05, 0.1) is 13.2 Å². The fraction of sp³-hybridized carbons (Fsp3) is 0.625. The number of thioether (sulfide) groups is 2. The Balaban J connectivity index is 1.81. The van der Waals surface area contributed by atoms with E-state index in [0.29, 0.717) is 0 Å². The molecule has 2 aromatic carbocycles. The molecule has 2 rings (SSSR count). The van der Waals surface area contributed by atoms with Gasteiger partial charge in [0.25, 0.3) is 0 Å². The summed E-state index contributed by atoms with van der Waals surface area (Å²) < 4.78 is 355. The number of benzene rings is 2. The van der Waals surface area contributed by atoms with Gasteiger partial charge in [0.1, 0.15) is 11.5 Å². The van der Waals surface area contributed by atoms with E-state index in [2.05, 4.69) is 0 Å². The average Bonchev–Trinajstić information content (AvgIpc) is 3.12. The first-order valence-corrected chi connectivity index (χ1v) is 18.2. The van der Waals surface area contributed by atoms with Gasteiger partial charge in [0.2, 0.25) is 0 Å². The second kappa shape index (κ2) is 18.4. The molecule has 2 aromatic rings. The molecule has 0 spiro atoms. The highest BCUT2D eigenvalue weighted by molar-refractivity contribution is 7.99. The van der Waals surface area contributed by atoms with Crippen LogP contribution in [0.2, 0.25) is 0 Å². The lowest BCUT2D eigenvalue weighted by molar-refractivity contribution is -0.439. The molecule has 0 bridgehead atoms. The second-order valence-corrected chi connectivity index (χ2v) is 14.9. The molecule has 0 radical (unpaired) electrons. The lowest BCUT2D eigenvalue weighted by Crippen LogP contribution is -2.70. The fourth-order valence-electron chi connectivity index (χ4n) is 4.36. The molecule has 0 saturated heterocycles. The minimum Gasteiger partial charge on any atom is -0.494 e. The number of hydrogen-bond acceptors (Lipinski definition) is 4. The van der Waals surface area contributed by atoms with Gasteiger partial charge in [-0.1, -0.05) is 0 Å². The summed E-state index contributed by atoms with van der Waals surface area (Å²) in [6.07, 6.45) is -19.3. The van der Waals surface area contributed by atoms with Crippen LogP contribution in [-0.4, -0.2) is 96.3 Å². The third-order valence-electron chi connectivity index (χ3n) is 8.09. The SMILES string of the molecule is FC(F)(F)C(F)(F)C(F)(F)C(F)(F)C(F)(F)C(F)(F)CCSc1ccc(OCCCCOc2ccc(SCCC(F)(F)C(F)(F)C(F)(F)C(F)(F)C(F)(F)C(F)(F)F)cc2)cc1. The summed E-state index contributed by atoms with van der Waals surface area (Å²) in [5.41, 5.74) is 0. The van der Waals surface area contributed by atoms with E-state index in [0.717, 1.165) is 24.3 Å². The van der Waals surface area contributed by atoms with Gasteiger partial charge in [0.15, 0.2) is 0 Å². The molecule has 0 N–H and O–H groups in total. The van der Waals surface area contributed by atoms with Gasteiger partial charge in [-0.3, -0.25) is 0 Å². The van der Waals surface area contributed by atoms with Gasteiger partial charge in [-0.2, -0.15) is 114 Å². The molecule has 0 aliphatic heterocycles. The van der Waals surface area contributed by atoms with Crippen LogP contribution in [0, 0.1) is 0 Å².